The number of carbonyl (C=O) groups is 1. The van der Waals surface area contributed by atoms with Gasteiger partial charge in [0.25, 0.3) is 0 Å². The zero-order valence-electron chi connectivity index (χ0n) is 9.74. The molecule has 1 N–H and O–H groups in total. The average molecular weight is 224 g/mol. The minimum absolute atomic E-state index is 0.0656. The number of ether oxygens (including phenoxy) is 2. The summed E-state index contributed by atoms with van der Waals surface area (Å²) in [4.78, 5) is 10.6. The van der Waals surface area contributed by atoms with E-state index in [-0.39, 0.29) is 6.42 Å². The van der Waals surface area contributed by atoms with Gasteiger partial charge < -0.3 is 14.6 Å². The number of benzene rings is 1. The third kappa shape index (κ3) is 2.66. The van der Waals surface area contributed by atoms with E-state index >= 15 is 0 Å². The Morgan fingerprint density at radius 2 is 2.00 bits per heavy atom. The summed E-state index contributed by atoms with van der Waals surface area (Å²) in [6, 6.07) is 3.72. The lowest BCUT2D eigenvalue weighted by molar-refractivity contribution is -0.136. The Morgan fingerprint density at radius 3 is 2.50 bits per heavy atom. The Bertz CT molecular complexity index is 385. The number of aliphatic carboxylic acids is 1. The van der Waals surface area contributed by atoms with Crippen molar-refractivity contribution >= 4 is 5.97 Å². The fourth-order valence-electron chi connectivity index (χ4n) is 1.67. The molecule has 0 bridgehead atoms. The van der Waals surface area contributed by atoms with Gasteiger partial charge in [-0.3, -0.25) is 4.79 Å². The standard InChI is InChI=1S/C12H16O4/c1-8-4-6-10(15-2)9(12(8)16-3)5-7-11(13)14/h4,6H,5,7H2,1-3H3,(H,13,14). The largest absolute Gasteiger partial charge is 0.496 e. The van der Waals surface area contributed by atoms with Gasteiger partial charge in [0.2, 0.25) is 0 Å². The number of hydrogen-bond donors (Lipinski definition) is 1. The van der Waals surface area contributed by atoms with E-state index in [0.29, 0.717) is 17.9 Å². The van der Waals surface area contributed by atoms with E-state index in [2.05, 4.69) is 0 Å². The zero-order chi connectivity index (χ0) is 12.1. The lowest BCUT2D eigenvalue weighted by Crippen LogP contribution is -2.03. The number of carboxylic acids is 1. The molecule has 4 heteroatoms. The third-order valence-corrected chi connectivity index (χ3v) is 2.43. The molecule has 0 heterocycles. The molecule has 0 atom stereocenters. The molecule has 0 fully saturated rings. The van der Waals surface area contributed by atoms with Crippen LogP contribution in [0.2, 0.25) is 0 Å². The summed E-state index contributed by atoms with van der Waals surface area (Å²) in [5.74, 6) is 0.551. The van der Waals surface area contributed by atoms with Crippen molar-refractivity contribution in [3.63, 3.8) is 0 Å². The first-order valence-electron chi connectivity index (χ1n) is 5.02. The highest BCUT2D eigenvalue weighted by Crippen LogP contribution is 2.32. The topological polar surface area (TPSA) is 55.8 Å². The van der Waals surface area contributed by atoms with E-state index in [9.17, 15) is 4.79 Å². The minimum Gasteiger partial charge on any atom is -0.496 e. The molecule has 16 heavy (non-hydrogen) atoms. The van der Waals surface area contributed by atoms with E-state index in [0.717, 1.165) is 11.1 Å². The predicted molar refractivity (Wildman–Crippen MR) is 60.2 cm³/mol. The van der Waals surface area contributed by atoms with Crippen molar-refractivity contribution in [2.24, 2.45) is 0 Å². The van der Waals surface area contributed by atoms with Gasteiger partial charge in [-0.05, 0) is 25.0 Å². The normalized spacial score (nSPS) is 9.94. The van der Waals surface area contributed by atoms with Gasteiger partial charge in [-0.2, -0.15) is 0 Å². The number of carboxylic acid groups (broad SMARTS) is 1. The van der Waals surface area contributed by atoms with Crippen molar-refractivity contribution in [1.82, 2.24) is 0 Å². The van der Waals surface area contributed by atoms with Crippen molar-refractivity contribution in [2.75, 3.05) is 14.2 Å². The molecule has 0 saturated heterocycles. The molecule has 1 aromatic carbocycles. The SMILES string of the molecule is COc1ccc(C)c(OC)c1CCC(=O)O. The second-order valence-corrected chi connectivity index (χ2v) is 3.49. The summed E-state index contributed by atoms with van der Waals surface area (Å²) in [7, 11) is 3.14. The molecule has 0 aliphatic rings. The summed E-state index contributed by atoms with van der Waals surface area (Å²) in [6.45, 7) is 1.92. The van der Waals surface area contributed by atoms with Gasteiger partial charge >= 0.3 is 5.97 Å². The van der Waals surface area contributed by atoms with Crippen molar-refractivity contribution in [3.05, 3.63) is 23.3 Å². The number of aryl methyl sites for hydroxylation is 1. The smallest absolute Gasteiger partial charge is 0.303 e. The Labute approximate surface area is 94.8 Å². The zero-order valence-corrected chi connectivity index (χ0v) is 9.74. The average Bonchev–Trinajstić information content (AvgIpc) is 2.26. The maximum absolute atomic E-state index is 10.6. The number of rotatable bonds is 5. The molecule has 0 amide bonds. The van der Waals surface area contributed by atoms with Crippen LogP contribution in [0.5, 0.6) is 11.5 Å². The van der Waals surface area contributed by atoms with Crippen LogP contribution in [0, 0.1) is 6.92 Å². The van der Waals surface area contributed by atoms with E-state index in [4.69, 9.17) is 14.6 Å². The minimum atomic E-state index is -0.828. The van der Waals surface area contributed by atoms with Gasteiger partial charge in [0.1, 0.15) is 11.5 Å². The first kappa shape index (κ1) is 12.4. The Balaban J connectivity index is 3.09. The van der Waals surface area contributed by atoms with Crippen LogP contribution < -0.4 is 9.47 Å². The number of methoxy groups -OCH3 is 2. The van der Waals surface area contributed by atoms with Gasteiger partial charge in [-0.25, -0.2) is 0 Å². The maximum Gasteiger partial charge on any atom is 0.303 e. The first-order chi connectivity index (χ1) is 7.60. The molecule has 0 radical (unpaired) electrons. The quantitative estimate of drug-likeness (QED) is 0.831. The lowest BCUT2D eigenvalue weighted by Gasteiger charge is -2.14. The molecule has 0 spiro atoms. The Kier molecular flexibility index (Phi) is 4.17. The van der Waals surface area contributed by atoms with E-state index in [1.54, 1.807) is 14.2 Å². The van der Waals surface area contributed by atoms with Crippen molar-refractivity contribution in [2.45, 2.75) is 19.8 Å². The fourth-order valence-corrected chi connectivity index (χ4v) is 1.67. The molecule has 1 aromatic rings. The van der Waals surface area contributed by atoms with Gasteiger partial charge in [-0.15, -0.1) is 0 Å². The van der Waals surface area contributed by atoms with Crippen LogP contribution in [0.25, 0.3) is 0 Å². The molecule has 88 valence electrons. The maximum atomic E-state index is 10.6. The third-order valence-electron chi connectivity index (χ3n) is 2.43. The fraction of sp³-hybridized carbons (Fsp3) is 0.417. The van der Waals surface area contributed by atoms with Crippen LogP contribution in [0.1, 0.15) is 17.5 Å². The van der Waals surface area contributed by atoms with Gasteiger partial charge in [0, 0.05) is 12.0 Å². The molecule has 1 rings (SSSR count). The highest BCUT2D eigenvalue weighted by atomic mass is 16.5. The molecule has 0 aliphatic carbocycles. The van der Waals surface area contributed by atoms with Crippen molar-refractivity contribution < 1.29 is 19.4 Å². The van der Waals surface area contributed by atoms with Crippen LogP contribution in [0.15, 0.2) is 12.1 Å². The van der Waals surface area contributed by atoms with Crippen LogP contribution in [0.3, 0.4) is 0 Å². The molecule has 4 nitrogen and oxygen atoms in total. The monoisotopic (exact) mass is 224 g/mol. The van der Waals surface area contributed by atoms with Gasteiger partial charge in [0.15, 0.2) is 0 Å². The summed E-state index contributed by atoms with van der Waals surface area (Å²) in [6.07, 6.45) is 0.472. The van der Waals surface area contributed by atoms with Gasteiger partial charge in [-0.1, -0.05) is 6.07 Å². The second-order valence-electron chi connectivity index (χ2n) is 3.49. The van der Waals surface area contributed by atoms with E-state index < -0.39 is 5.97 Å². The van der Waals surface area contributed by atoms with Crippen molar-refractivity contribution in [3.8, 4) is 11.5 Å². The van der Waals surface area contributed by atoms with Crippen LogP contribution in [-0.2, 0) is 11.2 Å². The Hall–Kier alpha value is -1.71. The lowest BCUT2D eigenvalue weighted by atomic mass is 10.0. The van der Waals surface area contributed by atoms with E-state index in [1.165, 1.54) is 0 Å². The highest BCUT2D eigenvalue weighted by Gasteiger charge is 2.13. The molecular weight excluding hydrogens is 208 g/mol. The summed E-state index contributed by atoms with van der Waals surface area (Å²) in [5, 5.41) is 8.69. The molecular formula is C12H16O4. The second kappa shape index (κ2) is 5.39. The molecule has 0 aliphatic heterocycles. The Morgan fingerprint density at radius 1 is 1.31 bits per heavy atom. The van der Waals surface area contributed by atoms with Gasteiger partial charge in [0.05, 0.1) is 14.2 Å². The van der Waals surface area contributed by atoms with Crippen molar-refractivity contribution in [1.29, 1.82) is 0 Å². The predicted octanol–water partition coefficient (Wildman–Crippen LogP) is 2.03. The van der Waals surface area contributed by atoms with Crippen LogP contribution >= 0.6 is 0 Å². The molecule has 0 saturated carbocycles. The molecule has 0 unspecified atom stereocenters. The van der Waals surface area contributed by atoms with Crippen LogP contribution in [-0.4, -0.2) is 25.3 Å². The van der Waals surface area contributed by atoms with E-state index in [1.807, 2.05) is 19.1 Å². The molecule has 0 aromatic heterocycles. The number of hydrogen-bond acceptors (Lipinski definition) is 3. The van der Waals surface area contributed by atoms with Crippen LogP contribution in [0.4, 0.5) is 0 Å². The highest BCUT2D eigenvalue weighted by molar-refractivity contribution is 5.67. The summed E-state index contributed by atoms with van der Waals surface area (Å²) >= 11 is 0. The first-order valence-corrected chi connectivity index (χ1v) is 5.02. The summed E-state index contributed by atoms with van der Waals surface area (Å²) < 4.78 is 10.5. The summed E-state index contributed by atoms with van der Waals surface area (Å²) in [5.41, 5.74) is 1.79.